The van der Waals surface area contributed by atoms with Crippen LogP contribution in [0.4, 0.5) is 0 Å². The molecular formula is C21H27NO2S. The van der Waals surface area contributed by atoms with Crippen LogP contribution < -0.4 is 0 Å². The van der Waals surface area contributed by atoms with E-state index < -0.39 is 12.0 Å². The maximum absolute atomic E-state index is 11.9. The van der Waals surface area contributed by atoms with Crippen LogP contribution in [-0.2, 0) is 11.2 Å². The van der Waals surface area contributed by atoms with Gasteiger partial charge in [0.25, 0.3) is 0 Å². The molecule has 3 rings (SSSR count). The Kier molecular flexibility index (Phi) is 5.60. The van der Waals surface area contributed by atoms with Crippen molar-refractivity contribution in [2.75, 3.05) is 6.54 Å². The lowest BCUT2D eigenvalue weighted by atomic mass is 9.93. The van der Waals surface area contributed by atoms with E-state index in [4.69, 9.17) is 0 Å². The molecule has 0 saturated carbocycles. The lowest BCUT2D eigenvalue weighted by Gasteiger charge is -2.39. The summed E-state index contributed by atoms with van der Waals surface area (Å²) in [5.74, 6) is -0.693. The van der Waals surface area contributed by atoms with Crippen molar-refractivity contribution >= 4 is 17.3 Å². The third-order valence-corrected chi connectivity index (χ3v) is 6.30. The van der Waals surface area contributed by atoms with E-state index in [0.29, 0.717) is 0 Å². The van der Waals surface area contributed by atoms with Gasteiger partial charge in [0.05, 0.1) is 6.04 Å². The molecule has 1 N–H and O–H groups in total. The average Bonchev–Trinajstić information content (AvgIpc) is 3.03. The zero-order valence-corrected chi connectivity index (χ0v) is 16.1. The fraction of sp³-hybridized carbons (Fsp3) is 0.476. The Morgan fingerprint density at radius 1 is 1.24 bits per heavy atom. The molecule has 2 unspecified atom stereocenters. The molecule has 134 valence electrons. The predicted molar refractivity (Wildman–Crippen MR) is 103 cm³/mol. The van der Waals surface area contributed by atoms with Gasteiger partial charge in [-0.05, 0) is 57.4 Å². The van der Waals surface area contributed by atoms with Crippen LogP contribution in [0.2, 0.25) is 0 Å². The molecule has 4 heteroatoms. The van der Waals surface area contributed by atoms with Gasteiger partial charge in [-0.25, -0.2) is 0 Å². The maximum atomic E-state index is 11.9. The lowest BCUT2D eigenvalue weighted by Crippen LogP contribution is -2.46. The Morgan fingerprint density at radius 3 is 2.56 bits per heavy atom. The Labute approximate surface area is 154 Å². The molecule has 2 heterocycles. The van der Waals surface area contributed by atoms with Gasteiger partial charge >= 0.3 is 5.97 Å². The highest BCUT2D eigenvalue weighted by molar-refractivity contribution is 7.12. The van der Waals surface area contributed by atoms with Crippen molar-refractivity contribution in [2.24, 2.45) is 0 Å². The highest BCUT2D eigenvalue weighted by atomic mass is 32.1. The predicted octanol–water partition coefficient (Wildman–Crippen LogP) is 4.96. The Hall–Kier alpha value is -1.65. The fourth-order valence-electron chi connectivity index (χ4n) is 3.95. The van der Waals surface area contributed by atoms with Crippen molar-refractivity contribution in [1.82, 2.24) is 4.90 Å². The van der Waals surface area contributed by atoms with E-state index in [2.05, 4.69) is 56.0 Å². The molecule has 25 heavy (non-hydrogen) atoms. The van der Waals surface area contributed by atoms with Crippen molar-refractivity contribution in [2.45, 2.75) is 58.5 Å². The summed E-state index contributed by atoms with van der Waals surface area (Å²) in [6.07, 6.45) is 3.82. The highest BCUT2D eigenvalue weighted by Gasteiger charge is 2.35. The normalized spacial score (nSPS) is 19.7. The molecule has 1 aromatic heterocycles. The van der Waals surface area contributed by atoms with Gasteiger partial charge in [-0.2, -0.15) is 0 Å². The number of carbonyl (C=O) groups is 1. The Balaban J connectivity index is 2.08. The maximum Gasteiger partial charge on any atom is 0.320 e. The highest BCUT2D eigenvalue weighted by Crippen LogP contribution is 2.38. The summed E-state index contributed by atoms with van der Waals surface area (Å²) in [6, 6.07) is 10.6. The summed E-state index contributed by atoms with van der Waals surface area (Å²) in [6.45, 7) is 7.24. The van der Waals surface area contributed by atoms with Crippen molar-refractivity contribution in [1.29, 1.82) is 0 Å². The van der Waals surface area contributed by atoms with E-state index in [1.54, 1.807) is 0 Å². The molecule has 0 aliphatic carbocycles. The minimum atomic E-state index is -0.693. The van der Waals surface area contributed by atoms with Crippen molar-refractivity contribution < 1.29 is 9.90 Å². The van der Waals surface area contributed by atoms with Crippen LogP contribution >= 0.6 is 11.3 Å². The monoisotopic (exact) mass is 357 g/mol. The molecule has 0 radical (unpaired) electrons. The molecule has 1 aliphatic rings. The molecular weight excluding hydrogens is 330 g/mol. The molecule has 3 nitrogen and oxygen atoms in total. The first-order valence-electron chi connectivity index (χ1n) is 9.15. The SMILES string of the molecule is CCc1ccc(C(c2cc(C)cc(C)c2)N2CCCCC2C(=O)O)s1. The molecule has 1 aliphatic heterocycles. The van der Waals surface area contributed by atoms with Crippen LogP contribution in [-0.4, -0.2) is 28.6 Å². The molecule has 1 fully saturated rings. The number of hydrogen-bond donors (Lipinski definition) is 1. The van der Waals surface area contributed by atoms with Gasteiger partial charge in [0.15, 0.2) is 0 Å². The topological polar surface area (TPSA) is 40.5 Å². The van der Waals surface area contributed by atoms with E-state index in [-0.39, 0.29) is 6.04 Å². The van der Waals surface area contributed by atoms with Gasteiger partial charge in [-0.1, -0.05) is 42.7 Å². The van der Waals surface area contributed by atoms with Crippen molar-refractivity contribution in [3.8, 4) is 0 Å². The molecule has 2 atom stereocenters. The van der Waals surface area contributed by atoms with Gasteiger partial charge < -0.3 is 5.11 Å². The second-order valence-corrected chi connectivity index (χ2v) is 8.27. The summed E-state index contributed by atoms with van der Waals surface area (Å²) >= 11 is 1.82. The molecule has 1 saturated heterocycles. The third kappa shape index (κ3) is 3.96. The summed E-state index contributed by atoms with van der Waals surface area (Å²) in [5, 5.41) is 9.77. The second-order valence-electron chi connectivity index (χ2n) is 7.07. The van der Waals surface area contributed by atoms with Crippen molar-refractivity contribution in [3.05, 3.63) is 56.8 Å². The number of nitrogens with zero attached hydrogens (tertiary/aromatic N) is 1. The lowest BCUT2D eigenvalue weighted by molar-refractivity contribution is -0.145. The molecule has 0 spiro atoms. The summed E-state index contributed by atoms with van der Waals surface area (Å²) < 4.78 is 0. The van der Waals surface area contributed by atoms with E-state index in [9.17, 15) is 9.90 Å². The number of rotatable bonds is 5. The van der Waals surface area contributed by atoms with Crippen molar-refractivity contribution in [3.63, 3.8) is 0 Å². The first-order valence-corrected chi connectivity index (χ1v) is 9.96. The molecule has 1 aromatic carbocycles. The van der Waals surface area contributed by atoms with Crippen LogP contribution in [0, 0.1) is 13.8 Å². The number of aryl methyl sites for hydroxylation is 3. The van der Waals surface area contributed by atoms with Crippen LogP contribution in [0.5, 0.6) is 0 Å². The smallest absolute Gasteiger partial charge is 0.320 e. The molecule has 0 amide bonds. The number of carboxylic acids is 1. The quantitative estimate of drug-likeness (QED) is 0.822. The van der Waals surface area contributed by atoms with Gasteiger partial charge in [0.1, 0.15) is 6.04 Å². The van der Waals surface area contributed by atoms with Gasteiger partial charge in [0.2, 0.25) is 0 Å². The van der Waals surface area contributed by atoms with Crippen LogP contribution in [0.1, 0.15) is 58.7 Å². The first-order chi connectivity index (χ1) is 12.0. The summed E-state index contributed by atoms with van der Waals surface area (Å²) in [5.41, 5.74) is 3.68. The second kappa shape index (κ2) is 7.71. The van der Waals surface area contributed by atoms with Crippen LogP contribution in [0.25, 0.3) is 0 Å². The van der Waals surface area contributed by atoms with Gasteiger partial charge in [-0.15, -0.1) is 11.3 Å². The van der Waals surface area contributed by atoms with Crippen LogP contribution in [0.15, 0.2) is 30.3 Å². The number of aliphatic carboxylic acids is 1. The first kappa shape index (κ1) is 18.2. The zero-order valence-electron chi connectivity index (χ0n) is 15.3. The summed E-state index contributed by atoms with van der Waals surface area (Å²) in [4.78, 5) is 16.7. The standard InChI is InChI=1S/C21H27NO2S/c1-4-17-8-9-19(25-17)20(16-12-14(2)11-15(3)13-16)22-10-6-5-7-18(22)21(23)24/h8-9,11-13,18,20H,4-7,10H2,1-3H3,(H,23,24). The van der Waals surface area contributed by atoms with Gasteiger partial charge in [0, 0.05) is 9.75 Å². The Bertz CT molecular complexity index is 732. The molecule has 2 aromatic rings. The van der Waals surface area contributed by atoms with E-state index >= 15 is 0 Å². The fourth-order valence-corrected chi connectivity index (χ4v) is 5.05. The number of benzene rings is 1. The number of thiophene rings is 1. The van der Waals surface area contributed by atoms with Crippen LogP contribution in [0.3, 0.4) is 0 Å². The van der Waals surface area contributed by atoms with E-state index in [1.165, 1.54) is 26.4 Å². The van der Waals surface area contributed by atoms with Gasteiger partial charge in [-0.3, -0.25) is 9.69 Å². The minimum absolute atomic E-state index is 0.0327. The summed E-state index contributed by atoms with van der Waals surface area (Å²) in [7, 11) is 0. The third-order valence-electron chi connectivity index (χ3n) is 5.02. The van der Waals surface area contributed by atoms with E-state index in [0.717, 1.165) is 32.2 Å². The Morgan fingerprint density at radius 2 is 1.96 bits per heavy atom. The minimum Gasteiger partial charge on any atom is -0.480 e. The average molecular weight is 358 g/mol. The molecule has 0 bridgehead atoms. The number of piperidine rings is 1. The number of likely N-dealkylation sites (tertiary alicyclic amines) is 1. The number of carboxylic acid groups (broad SMARTS) is 1. The van der Waals surface area contributed by atoms with E-state index in [1.807, 2.05) is 11.3 Å². The zero-order chi connectivity index (χ0) is 18.0. The largest absolute Gasteiger partial charge is 0.480 e. The number of hydrogen-bond acceptors (Lipinski definition) is 3.